The predicted molar refractivity (Wildman–Crippen MR) is 77.2 cm³/mol. The highest BCUT2D eigenvalue weighted by Crippen LogP contribution is 2.34. The van der Waals surface area contributed by atoms with Crippen LogP contribution < -0.4 is 5.32 Å². The average molecular weight is 340 g/mol. The molecule has 0 amide bonds. The molecule has 0 saturated heterocycles. The Bertz CT molecular complexity index is 414. The van der Waals surface area contributed by atoms with Gasteiger partial charge in [0.15, 0.2) is 5.17 Å². The number of aliphatic imine (C=N–C) groups is 1. The van der Waals surface area contributed by atoms with Crippen molar-refractivity contribution < 1.29 is 0 Å². The minimum Gasteiger partial charge on any atom is -0.333 e. The molecule has 1 aliphatic rings. The van der Waals surface area contributed by atoms with E-state index in [9.17, 15) is 0 Å². The largest absolute Gasteiger partial charge is 0.333 e. The number of rotatable bonds is 1. The van der Waals surface area contributed by atoms with Gasteiger partial charge >= 0.3 is 0 Å². The van der Waals surface area contributed by atoms with Gasteiger partial charge in [0.1, 0.15) is 0 Å². The minimum atomic E-state index is 0.591. The van der Waals surface area contributed by atoms with Gasteiger partial charge in [-0.1, -0.05) is 50.9 Å². The molecule has 0 saturated carbocycles. The molecule has 86 valence electrons. The van der Waals surface area contributed by atoms with Crippen LogP contribution in [0.15, 0.2) is 21.6 Å². The third-order valence-electron chi connectivity index (χ3n) is 2.04. The van der Waals surface area contributed by atoms with Gasteiger partial charge < -0.3 is 5.32 Å². The third kappa shape index (κ3) is 3.06. The van der Waals surface area contributed by atoms with Gasteiger partial charge in [-0.15, -0.1) is 0 Å². The van der Waals surface area contributed by atoms with Gasteiger partial charge in [0.25, 0.3) is 0 Å². The van der Waals surface area contributed by atoms with Crippen molar-refractivity contribution in [2.75, 3.05) is 17.6 Å². The number of anilines is 1. The van der Waals surface area contributed by atoms with E-state index in [2.05, 4.69) is 26.2 Å². The van der Waals surface area contributed by atoms with Gasteiger partial charge in [-0.05, 0) is 18.6 Å². The van der Waals surface area contributed by atoms with Crippen LogP contribution >= 0.6 is 50.9 Å². The number of hydrogen-bond donors (Lipinski definition) is 1. The van der Waals surface area contributed by atoms with Gasteiger partial charge in [-0.3, -0.25) is 4.99 Å². The highest BCUT2D eigenvalue weighted by atomic mass is 79.9. The first-order valence-corrected chi connectivity index (χ1v) is 7.29. The van der Waals surface area contributed by atoms with Crippen molar-refractivity contribution in [2.24, 2.45) is 4.99 Å². The molecule has 0 spiro atoms. The summed E-state index contributed by atoms with van der Waals surface area (Å²) in [6.07, 6.45) is 1.12. The van der Waals surface area contributed by atoms with Crippen LogP contribution in [0.1, 0.15) is 6.42 Å². The Morgan fingerprint density at radius 2 is 2.00 bits per heavy atom. The van der Waals surface area contributed by atoms with Gasteiger partial charge in [0, 0.05) is 16.8 Å². The summed E-state index contributed by atoms with van der Waals surface area (Å²) in [7, 11) is 0. The van der Waals surface area contributed by atoms with Gasteiger partial charge in [0.2, 0.25) is 0 Å². The summed E-state index contributed by atoms with van der Waals surface area (Å²) in [6.45, 7) is 0.862. The van der Waals surface area contributed by atoms with E-state index in [4.69, 9.17) is 23.2 Å². The molecule has 1 aliphatic heterocycles. The molecular weight excluding hydrogens is 331 g/mol. The monoisotopic (exact) mass is 338 g/mol. The van der Waals surface area contributed by atoms with Crippen LogP contribution in [0, 0.1) is 0 Å². The summed E-state index contributed by atoms with van der Waals surface area (Å²) in [6, 6.07) is 3.62. The minimum absolute atomic E-state index is 0.591. The SMILES string of the molecule is Clc1cc(Br)cc(Cl)c1NC1=NCCCS1. The Morgan fingerprint density at radius 1 is 1.31 bits per heavy atom. The molecule has 0 aliphatic carbocycles. The maximum absolute atomic E-state index is 6.11. The third-order valence-corrected chi connectivity index (χ3v) is 4.09. The molecule has 2 nitrogen and oxygen atoms in total. The van der Waals surface area contributed by atoms with Crippen LogP contribution in [0.25, 0.3) is 0 Å². The number of thioether (sulfide) groups is 1. The summed E-state index contributed by atoms with van der Waals surface area (Å²) < 4.78 is 0.867. The van der Waals surface area contributed by atoms with E-state index in [0.717, 1.165) is 34.0 Å². The molecule has 0 aromatic heterocycles. The summed E-state index contributed by atoms with van der Waals surface area (Å²) in [5, 5.41) is 5.24. The number of nitrogens with one attached hydrogen (secondary N) is 1. The fourth-order valence-electron chi connectivity index (χ4n) is 1.30. The zero-order chi connectivity index (χ0) is 11.5. The molecule has 2 rings (SSSR count). The molecule has 1 N–H and O–H groups in total. The smallest absolute Gasteiger partial charge is 0.161 e. The molecular formula is C10H9BrCl2N2S. The maximum Gasteiger partial charge on any atom is 0.161 e. The van der Waals surface area contributed by atoms with Crippen LogP contribution in [-0.2, 0) is 0 Å². The number of amidine groups is 1. The number of hydrogen-bond acceptors (Lipinski definition) is 3. The average Bonchev–Trinajstić information content (AvgIpc) is 2.25. The highest BCUT2D eigenvalue weighted by Gasteiger charge is 2.12. The van der Waals surface area contributed by atoms with Gasteiger partial charge in [-0.25, -0.2) is 0 Å². The van der Waals surface area contributed by atoms with Crippen molar-refractivity contribution in [1.29, 1.82) is 0 Å². The van der Waals surface area contributed by atoms with Crippen molar-refractivity contribution >= 4 is 61.7 Å². The first-order valence-electron chi connectivity index (χ1n) is 4.75. The number of nitrogens with zero attached hydrogens (tertiary/aromatic N) is 1. The van der Waals surface area contributed by atoms with Crippen LogP contribution in [0.4, 0.5) is 5.69 Å². The second-order valence-electron chi connectivity index (χ2n) is 3.26. The Labute approximate surface area is 117 Å². The highest BCUT2D eigenvalue weighted by molar-refractivity contribution is 9.10. The first-order chi connectivity index (χ1) is 7.66. The number of halogens is 3. The zero-order valence-corrected chi connectivity index (χ0v) is 12.2. The van der Waals surface area contributed by atoms with Crippen LogP contribution in [-0.4, -0.2) is 17.5 Å². The molecule has 0 unspecified atom stereocenters. The van der Waals surface area contributed by atoms with E-state index in [0.29, 0.717) is 10.0 Å². The molecule has 6 heteroatoms. The molecule has 0 bridgehead atoms. The van der Waals surface area contributed by atoms with Crippen molar-refractivity contribution in [1.82, 2.24) is 0 Å². The predicted octanol–water partition coefficient (Wildman–Crippen LogP) is 4.66. The zero-order valence-electron chi connectivity index (χ0n) is 8.27. The molecule has 0 atom stereocenters. The van der Waals surface area contributed by atoms with Crippen molar-refractivity contribution in [3.8, 4) is 0 Å². The van der Waals surface area contributed by atoms with Gasteiger partial charge in [0.05, 0.1) is 15.7 Å². The maximum atomic E-state index is 6.11. The van der Waals surface area contributed by atoms with Crippen LogP contribution in [0.2, 0.25) is 10.0 Å². The lowest BCUT2D eigenvalue weighted by molar-refractivity contribution is 0.938. The van der Waals surface area contributed by atoms with E-state index < -0.39 is 0 Å². The van der Waals surface area contributed by atoms with E-state index in [1.807, 2.05) is 12.1 Å². The van der Waals surface area contributed by atoms with E-state index >= 15 is 0 Å². The lowest BCUT2D eigenvalue weighted by Gasteiger charge is -2.15. The molecule has 1 aromatic carbocycles. The second kappa shape index (κ2) is 5.63. The standard InChI is InChI=1S/C10H9BrCl2N2S/c11-6-4-7(12)9(8(13)5-6)15-10-14-2-1-3-16-10/h4-5H,1-3H2,(H,14,15). The lowest BCUT2D eigenvalue weighted by Crippen LogP contribution is -2.13. The Balaban J connectivity index is 2.24. The van der Waals surface area contributed by atoms with Crippen LogP contribution in [0.5, 0.6) is 0 Å². The fraction of sp³-hybridized carbons (Fsp3) is 0.300. The fourth-order valence-corrected chi connectivity index (χ4v) is 3.43. The van der Waals surface area contributed by atoms with E-state index in [1.165, 1.54) is 0 Å². The second-order valence-corrected chi connectivity index (χ2v) is 6.07. The lowest BCUT2D eigenvalue weighted by atomic mass is 10.3. The quantitative estimate of drug-likeness (QED) is 0.804. The van der Waals surface area contributed by atoms with Crippen LogP contribution in [0.3, 0.4) is 0 Å². The Kier molecular flexibility index (Phi) is 4.41. The summed E-state index contributed by atoms with van der Waals surface area (Å²) >= 11 is 17.3. The summed E-state index contributed by atoms with van der Waals surface area (Å²) in [5.74, 6) is 1.08. The summed E-state index contributed by atoms with van der Waals surface area (Å²) in [4.78, 5) is 4.37. The first kappa shape index (κ1) is 12.6. The topological polar surface area (TPSA) is 24.4 Å². The normalized spacial score (nSPS) is 15.8. The summed E-state index contributed by atoms with van der Waals surface area (Å²) in [5.41, 5.74) is 0.722. The number of benzene rings is 1. The molecule has 0 fully saturated rings. The Morgan fingerprint density at radius 3 is 2.56 bits per heavy atom. The van der Waals surface area contributed by atoms with E-state index in [1.54, 1.807) is 11.8 Å². The van der Waals surface area contributed by atoms with Crippen molar-refractivity contribution in [3.63, 3.8) is 0 Å². The molecule has 1 heterocycles. The molecule has 0 radical (unpaired) electrons. The van der Waals surface area contributed by atoms with E-state index in [-0.39, 0.29) is 0 Å². The Hall–Kier alpha value is 0.1000. The molecule has 16 heavy (non-hydrogen) atoms. The van der Waals surface area contributed by atoms with Crippen molar-refractivity contribution in [2.45, 2.75) is 6.42 Å². The molecule has 1 aromatic rings. The van der Waals surface area contributed by atoms with Gasteiger partial charge in [-0.2, -0.15) is 0 Å². The van der Waals surface area contributed by atoms with Crippen molar-refractivity contribution in [3.05, 3.63) is 26.7 Å².